The molecule has 4 nitrogen and oxygen atoms in total. The summed E-state index contributed by atoms with van der Waals surface area (Å²) in [6, 6.07) is 13.8. The first-order valence-corrected chi connectivity index (χ1v) is 10.5. The standard InChI is InChI=1S/C22H19ClN2O2S/c23-17-9-7-15(8-10-17)20(26)18-5-1-2-6-19(18)22(27)25-12-3-4-16(14-25)21-24-11-13-28-21/h1-2,5-11,13,16H,3-4,12,14H2. The van der Waals surface area contributed by atoms with Crippen molar-refractivity contribution in [2.75, 3.05) is 13.1 Å². The largest absolute Gasteiger partial charge is 0.338 e. The number of ketones is 1. The third-order valence-corrected chi connectivity index (χ3v) is 6.21. The highest BCUT2D eigenvalue weighted by atomic mass is 35.5. The minimum Gasteiger partial charge on any atom is -0.338 e. The average Bonchev–Trinajstić information content (AvgIpc) is 3.28. The molecule has 28 heavy (non-hydrogen) atoms. The number of likely N-dealkylation sites (tertiary alicyclic amines) is 1. The van der Waals surface area contributed by atoms with Gasteiger partial charge in [-0.3, -0.25) is 9.59 Å². The molecule has 1 fully saturated rings. The minimum absolute atomic E-state index is 0.0980. The molecule has 0 radical (unpaired) electrons. The topological polar surface area (TPSA) is 50.3 Å². The summed E-state index contributed by atoms with van der Waals surface area (Å²) in [6.45, 7) is 1.33. The third kappa shape index (κ3) is 3.86. The summed E-state index contributed by atoms with van der Waals surface area (Å²) >= 11 is 7.56. The maximum atomic E-state index is 13.3. The second kappa shape index (κ2) is 8.25. The van der Waals surface area contributed by atoms with Crippen LogP contribution in [0.1, 0.15) is 50.0 Å². The number of piperidine rings is 1. The highest BCUT2D eigenvalue weighted by molar-refractivity contribution is 7.09. The Hall–Kier alpha value is -2.50. The fourth-order valence-corrected chi connectivity index (χ4v) is 4.49. The van der Waals surface area contributed by atoms with Gasteiger partial charge in [0.05, 0.1) is 10.6 Å². The van der Waals surface area contributed by atoms with Crippen molar-refractivity contribution < 1.29 is 9.59 Å². The number of rotatable bonds is 4. The van der Waals surface area contributed by atoms with Crippen molar-refractivity contribution in [3.8, 4) is 0 Å². The molecular formula is C22H19ClN2O2S. The van der Waals surface area contributed by atoms with E-state index in [4.69, 9.17) is 11.6 Å². The second-order valence-electron chi connectivity index (χ2n) is 6.84. The van der Waals surface area contributed by atoms with E-state index in [0.717, 1.165) is 17.8 Å². The second-order valence-corrected chi connectivity index (χ2v) is 8.20. The van der Waals surface area contributed by atoms with E-state index in [1.165, 1.54) is 0 Å². The van der Waals surface area contributed by atoms with Crippen LogP contribution in [-0.2, 0) is 0 Å². The molecule has 0 N–H and O–H groups in total. The van der Waals surface area contributed by atoms with Crippen LogP contribution >= 0.6 is 22.9 Å². The molecular weight excluding hydrogens is 392 g/mol. The molecule has 1 aliphatic heterocycles. The first-order valence-electron chi connectivity index (χ1n) is 9.21. The van der Waals surface area contributed by atoms with E-state index in [-0.39, 0.29) is 17.6 Å². The van der Waals surface area contributed by atoms with Gasteiger partial charge in [0.1, 0.15) is 0 Å². The number of aromatic nitrogens is 1. The molecule has 0 aliphatic carbocycles. The van der Waals surface area contributed by atoms with Crippen molar-refractivity contribution in [3.63, 3.8) is 0 Å². The molecule has 6 heteroatoms. The Morgan fingerprint density at radius 2 is 1.82 bits per heavy atom. The summed E-state index contributed by atoms with van der Waals surface area (Å²) in [5.41, 5.74) is 1.39. The predicted molar refractivity (Wildman–Crippen MR) is 111 cm³/mol. The molecule has 4 rings (SSSR count). The quantitative estimate of drug-likeness (QED) is 0.565. The van der Waals surface area contributed by atoms with E-state index in [0.29, 0.717) is 34.8 Å². The Morgan fingerprint density at radius 3 is 2.54 bits per heavy atom. The number of nitrogens with zero attached hydrogens (tertiary/aromatic N) is 2. The van der Waals surface area contributed by atoms with Gasteiger partial charge in [-0.2, -0.15) is 0 Å². The van der Waals surface area contributed by atoms with Crippen LogP contribution < -0.4 is 0 Å². The number of carbonyl (C=O) groups is 2. The van der Waals surface area contributed by atoms with Crippen LogP contribution in [0.4, 0.5) is 0 Å². The molecule has 3 aromatic rings. The van der Waals surface area contributed by atoms with Crippen molar-refractivity contribution in [3.05, 3.63) is 86.8 Å². The Labute approximate surface area is 172 Å². The highest BCUT2D eigenvalue weighted by Crippen LogP contribution is 2.29. The van der Waals surface area contributed by atoms with Crippen molar-refractivity contribution in [1.29, 1.82) is 0 Å². The monoisotopic (exact) mass is 410 g/mol. The van der Waals surface area contributed by atoms with E-state index in [1.54, 1.807) is 66.1 Å². The van der Waals surface area contributed by atoms with E-state index in [9.17, 15) is 9.59 Å². The van der Waals surface area contributed by atoms with Crippen LogP contribution in [-0.4, -0.2) is 34.7 Å². The Kier molecular flexibility index (Phi) is 5.55. The van der Waals surface area contributed by atoms with Gasteiger partial charge in [-0.05, 0) is 43.2 Å². The van der Waals surface area contributed by atoms with Crippen LogP contribution in [0, 0.1) is 0 Å². The van der Waals surface area contributed by atoms with E-state index < -0.39 is 0 Å². The number of halogens is 1. The first kappa shape index (κ1) is 18.8. The first-order chi connectivity index (χ1) is 13.6. The lowest BCUT2D eigenvalue weighted by atomic mass is 9.95. The van der Waals surface area contributed by atoms with Crippen LogP contribution in [0.5, 0.6) is 0 Å². The lowest BCUT2D eigenvalue weighted by Crippen LogP contribution is -2.39. The van der Waals surface area contributed by atoms with Gasteiger partial charge in [0.25, 0.3) is 5.91 Å². The fraction of sp³-hybridized carbons (Fsp3) is 0.227. The molecule has 1 saturated heterocycles. The predicted octanol–water partition coefficient (Wildman–Crippen LogP) is 5.05. The molecule has 2 heterocycles. The number of amides is 1. The smallest absolute Gasteiger partial charge is 0.254 e. The van der Waals surface area contributed by atoms with Crippen LogP contribution in [0.15, 0.2) is 60.1 Å². The summed E-state index contributed by atoms with van der Waals surface area (Å²) in [7, 11) is 0. The minimum atomic E-state index is -0.172. The van der Waals surface area contributed by atoms with Gasteiger partial charge in [-0.25, -0.2) is 4.98 Å². The maximum absolute atomic E-state index is 13.3. The Balaban J connectivity index is 1.59. The molecule has 1 aliphatic rings. The van der Waals surface area contributed by atoms with Crippen molar-refractivity contribution in [2.24, 2.45) is 0 Å². The van der Waals surface area contributed by atoms with E-state index in [1.807, 2.05) is 10.3 Å². The molecule has 0 saturated carbocycles. The maximum Gasteiger partial charge on any atom is 0.254 e. The molecule has 142 valence electrons. The Morgan fingerprint density at radius 1 is 1.07 bits per heavy atom. The molecule has 1 aromatic heterocycles. The zero-order valence-corrected chi connectivity index (χ0v) is 16.7. The lowest BCUT2D eigenvalue weighted by molar-refractivity contribution is 0.0703. The molecule has 2 aromatic carbocycles. The van der Waals surface area contributed by atoms with Gasteiger partial charge < -0.3 is 4.90 Å². The SMILES string of the molecule is O=C(c1ccc(Cl)cc1)c1ccccc1C(=O)N1CCCC(c2nccs2)C1. The number of benzene rings is 2. The molecule has 1 amide bonds. The van der Waals surface area contributed by atoms with Gasteiger partial charge in [-0.15, -0.1) is 11.3 Å². The molecule has 0 spiro atoms. The van der Waals surface area contributed by atoms with Crippen LogP contribution in [0.3, 0.4) is 0 Å². The van der Waals surface area contributed by atoms with Gasteiger partial charge in [0.15, 0.2) is 5.78 Å². The van der Waals surface area contributed by atoms with Crippen molar-refractivity contribution >= 4 is 34.6 Å². The summed E-state index contributed by atoms with van der Waals surface area (Å²) in [5, 5.41) is 3.61. The van der Waals surface area contributed by atoms with Crippen LogP contribution in [0.2, 0.25) is 5.02 Å². The normalized spacial score (nSPS) is 16.8. The van der Waals surface area contributed by atoms with Crippen molar-refractivity contribution in [1.82, 2.24) is 9.88 Å². The summed E-state index contributed by atoms with van der Waals surface area (Å²) in [5.74, 6) is -0.00917. The number of carbonyl (C=O) groups excluding carboxylic acids is 2. The van der Waals surface area contributed by atoms with Gasteiger partial charge >= 0.3 is 0 Å². The van der Waals surface area contributed by atoms with Crippen molar-refractivity contribution in [2.45, 2.75) is 18.8 Å². The van der Waals surface area contributed by atoms with E-state index >= 15 is 0 Å². The van der Waals surface area contributed by atoms with Gasteiger partial charge in [0, 0.05) is 46.7 Å². The third-order valence-electron chi connectivity index (χ3n) is 5.02. The van der Waals surface area contributed by atoms with Gasteiger partial charge in [0.2, 0.25) is 0 Å². The molecule has 0 bridgehead atoms. The zero-order valence-electron chi connectivity index (χ0n) is 15.2. The fourth-order valence-electron chi connectivity index (χ4n) is 3.59. The number of thiazole rings is 1. The zero-order chi connectivity index (χ0) is 19.5. The molecule has 1 unspecified atom stereocenters. The lowest BCUT2D eigenvalue weighted by Gasteiger charge is -2.32. The van der Waals surface area contributed by atoms with Gasteiger partial charge in [-0.1, -0.05) is 29.8 Å². The average molecular weight is 411 g/mol. The summed E-state index contributed by atoms with van der Waals surface area (Å²) in [4.78, 5) is 32.5. The molecule has 1 atom stereocenters. The highest BCUT2D eigenvalue weighted by Gasteiger charge is 2.29. The summed E-state index contributed by atoms with van der Waals surface area (Å²) < 4.78 is 0. The Bertz CT molecular complexity index is 986. The summed E-state index contributed by atoms with van der Waals surface area (Å²) in [6.07, 6.45) is 3.77. The number of hydrogen-bond donors (Lipinski definition) is 0. The number of hydrogen-bond acceptors (Lipinski definition) is 4. The van der Waals surface area contributed by atoms with Crippen LogP contribution in [0.25, 0.3) is 0 Å². The van der Waals surface area contributed by atoms with E-state index in [2.05, 4.69) is 4.98 Å².